The summed E-state index contributed by atoms with van der Waals surface area (Å²) in [7, 11) is 0. The molecule has 106 valence electrons. The lowest BCUT2D eigenvalue weighted by molar-refractivity contribution is -0.121. The molecule has 0 heterocycles. The van der Waals surface area contributed by atoms with Gasteiger partial charge in [0.15, 0.2) is 0 Å². The molecule has 0 radical (unpaired) electrons. The van der Waals surface area contributed by atoms with Crippen LogP contribution in [0.15, 0.2) is 24.3 Å². The molecule has 0 aliphatic rings. The van der Waals surface area contributed by atoms with Crippen molar-refractivity contribution in [3.63, 3.8) is 0 Å². The summed E-state index contributed by atoms with van der Waals surface area (Å²) < 4.78 is 0. The van der Waals surface area contributed by atoms with E-state index in [9.17, 15) is 4.79 Å². The maximum absolute atomic E-state index is 11.8. The van der Waals surface area contributed by atoms with Gasteiger partial charge in [0.25, 0.3) is 0 Å². The van der Waals surface area contributed by atoms with Crippen LogP contribution >= 0.6 is 0 Å². The first-order valence-electron chi connectivity index (χ1n) is 7.25. The van der Waals surface area contributed by atoms with Crippen LogP contribution in [0, 0.1) is 0 Å². The molecule has 1 unspecified atom stereocenters. The van der Waals surface area contributed by atoms with Gasteiger partial charge in [0.1, 0.15) is 0 Å². The second-order valence-corrected chi connectivity index (χ2v) is 5.18. The van der Waals surface area contributed by atoms with Crippen LogP contribution in [0.4, 0.5) is 5.69 Å². The Morgan fingerprint density at radius 1 is 1.21 bits per heavy atom. The summed E-state index contributed by atoms with van der Waals surface area (Å²) in [5.74, 6) is 0.372. The Morgan fingerprint density at radius 2 is 1.89 bits per heavy atom. The zero-order valence-electron chi connectivity index (χ0n) is 12.1. The van der Waals surface area contributed by atoms with Crippen LogP contribution in [0.1, 0.15) is 57.4 Å². The number of amides is 1. The minimum Gasteiger partial charge on any atom is -0.399 e. The van der Waals surface area contributed by atoms with Gasteiger partial charge in [-0.3, -0.25) is 4.79 Å². The van der Waals surface area contributed by atoms with E-state index < -0.39 is 0 Å². The van der Waals surface area contributed by atoms with Crippen LogP contribution in [-0.4, -0.2) is 12.5 Å². The quantitative estimate of drug-likeness (QED) is 0.557. The molecule has 0 aliphatic heterocycles. The first-order chi connectivity index (χ1) is 9.13. The average molecular weight is 262 g/mol. The molecule has 0 saturated carbocycles. The number of rotatable bonds is 8. The number of nitrogens with two attached hydrogens (primary N) is 1. The van der Waals surface area contributed by atoms with Crippen molar-refractivity contribution in [1.29, 1.82) is 0 Å². The molecule has 1 rings (SSSR count). The van der Waals surface area contributed by atoms with Crippen molar-refractivity contribution in [2.45, 2.75) is 51.9 Å². The van der Waals surface area contributed by atoms with Crippen LogP contribution in [0.25, 0.3) is 0 Å². The Hall–Kier alpha value is -1.51. The van der Waals surface area contributed by atoms with Gasteiger partial charge in [-0.2, -0.15) is 0 Å². The van der Waals surface area contributed by atoms with Gasteiger partial charge in [-0.25, -0.2) is 0 Å². The number of carbonyl (C=O) groups excluding carboxylic acids is 1. The van der Waals surface area contributed by atoms with Gasteiger partial charge in [0.2, 0.25) is 5.91 Å². The van der Waals surface area contributed by atoms with Crippen molar-refractivity contribution in [2.24, 2.45) is 0 Å². The molecular weight excluding hydrogens is 236 g/mol. The molecule has 0 aromatic heterocycles. The normalized spacial score (nSPS) is 12.1. The summed E-state index contributed by atoms with van der Waals surface area (Å²) >= 11 is 0. The van der Waals surface area contributed by atoms with Gasteiger partial charge < -0.3 is 11.1 Å². The van der Waals surface area contributed by atoms with Crippen LogP contribution in [0.5, 0.6) is 0 Å². The summed E-state index contributed by atoms with van der Waals surface area (Å²) in [6.07, 6.45) is 5.29. The molecule has 0 aliphatic carbocycles. The predicted octanol–water partition coefficient (Wildman–Crippen LogP) is 3.46. The molecule has 1 aromatic rings. The number of benzene rings is 1. The van der Waals surface area contributed by atoms with Crippen LogP contribution in [-0.2, 0) is 4.79 Å². The van der Waals surface area contributed by atoms with Crippen molar-refractivity contribution in [3.05, 3.63) is 29.8 Å². The molecule has 19 heavy (non-hydrogen) atoms. The topological polar surface area (TPSA) is 55.1 Å². The number of unbranched alkanes of at least 4 members (excludes halogenated alkanes) is 3. The molecule has 3 nitrogen and oxygen atoms in total. The van der Waals surface area contributed by atoms with Gasteiger partial charge in [-0.05, 0) is 30.0 Å². The number of anilines is 1. The third-order valence-electron chi connectivity index (χ3n) is 3.35. The maximum atomic E-state index is 11.8. The molecule has 3 heteroatoms. The molecule has 0 fully saturated rings. The zero-order valence-corrected chi connectivity index (χ0v) is 12.1. The number of hydrogen-bond donors (Lipinski definition) is 2. The smallest absolute Gasteiger partial charge is 0.220 e. The molecule has 0 saturated heterocycles. The van der Waals surface area contributed by atoms with Gasteiger partial charge in [0.05, 0.1) is 0 Å². The Balaban J connectivity index is 2.26. The number of nitrogens with one attached hydrogen (secondary N) is 1. The lowest BCUT2D eigenvalue weighted by Gasteiger charge is -2.12. The highest BCUT2D eigenvalue weighted by Gasteiger charge is 2.10. The standard InChI is InChI=1S/C16H26N2O/c1-3-4-5-6-11-18-16(19)12-13(2)14-7-9-15(17)10-8-14/h7-10,13H,3-6,11-12,17H2,1-2H3,(H,18,19). The lowest BCUT2D eigenvalue weighted by Crippen LogP contribution is -2.25. The number of carbonyl (C=O) groups is 1. The van der Waals surface area contributed by atoms with Gasteiger partial charge >= 0.3 is 0 Å². The monoisotopic (exact) mass is 262 g/mol. The highest BCUT2D eigenvalue weighted by molar-refractivity contribution is 5.76. The Labute approximate surface area is 116 Å². The van der Waals surface area contributed by atoms with E-state index in [4.69, 9.17) is 5.73 Å². The molecule has 0 bridgehead atoms. The summed E-state index contributed by atoms with van der Waals surface area (Å²) in [6.45, 7) is 5.06. The van der Waals surface area contributed by atoms with Crippen LogP contribution in [0.2, 0.25) is 0 Å². The van der Waals surface area contributed by atoms with Crippen molar-refractivity contribution in [2.75, 3.05) is 12.3 Å². The molecular formula is C16H26N2O. The van der Waals surface area contributed by atoms with Crippen molar-refractivity contribution < 1.29 is 4.79 Å². The molecule has 1 amide bonds. The maximum Gasteiger partial charge on any atom is 0.220 e. The second-order valence-electron chi connectivity index (χ2n) is 5.18. The summed E-state index contributed by atoms with van der Waals surface area (Å²) in [6, 6.07) is 7.76. The van der Waals surface area contributed by atoms with Gasteiger partial charge in [-0.15, -0.1) is 0 Å². The highest BCUT2D eigenvalue weighted by atomic mass is 16.1. The largest absolute Gasteiger partial charge is 0.399 e. The highest BCUT2D eigenvalue weighted by Crippen LogP contribution is 2.19. The summed E-state index contributed by atoms with van der Waals surface area (Å²) in [5.41, 5.74) is 7.58. The van der Waals surface area contributed by atoms with E-state index in [2.05, 4.69) is 19.2 Å². The van der Waals surface area contributed by atoms with Crippen LogP contribution < -0.4 is 11.1 Å². The molecule has 1 atom stereocenters. The van der Waals surface area contributed by atoms with E-state index in [-0.39, 0.29) is 11.8 Å². The number of hydrogen-bond acceptors (Lipinski definition) is 2. The molecule has 3 N–H and O–H groups in total. The summed E-state index contributed by atoms with van der Waals surface area (Å²) in [4.78, 5) is 11.8. The average Bonchev–Trinajstić information content (AvgIpc) is 2.39. The van der Waals surface area contributed by atoms with Crippen molar-refractivity contribution >= 4 is 11.6 Å². The van der Waals surface area contributed by atoms with Crippen molar-refractivity contribution in [1.82, 2.24) is 5.32 Å². The minimum absolute atomic E-state index is 0.140. The molecule has 0 spiro atoms. The summed E-state index contributed by atoms with van der Waals surface area (Å²) in [5, 5.41) is 2.99. The lowest BCUT2D eigenvalue weighted by atomic mass is 9.97. The second kappa shape index (κ2) is 8.57. The van der Waals surface area contributed by atoms with Crippen molar-refractivity contribution in [3.8, 4) is 0 Å². The third kappa shape index (κ3) is 6.27. The van der Waals surface area contributed by atoms with E-state index in [1.54, 1.807) is 0 Å². The fourth-order valence-electron chi connectivity index (χ4n) is 2.07. The molecule has 1 aromatic carbocycles. The van der Waals surface area contributed by atoms with Crippen LogP contribution in [0.3, 0.4) is 0 Å². The predicted molar refractivity (Wildman–Crippen MR) is 81.0 cm³/mol. The fourth-order valence-corrected chi connectivity index (χ4v) is 2.07. The first kappa shape index (κ1) is 15.5. The van der Waals surface area contributed by atoms with Gasteiger partial charge in [-0.1, -0.05) is 45.2 Å². The van der Waals surface area contributed by atoms with E-state index >= 15 is 0 Å². The fraction of sp³-hybridized carbons (Fsp3) is 0.562. The Kier molecular flexibility index (Phi) is 7.01. The SMILES string of the molecule is CCCCCCNC(=O)CC(C)c1ccc(N)cc1. The van der Waals surface area contributed by atoms with E-state index in [1.165, 1.54) is 19.3 Å². The van der Waals surface area contributed by atoms with Gasteiger partial charge in [0, 0.05) is 18.7 Å². The van der Waals surface area contributed by atoms with E-state index in [0.29, 0.717) is 6.42 Å². The Bertz CT molecular complexity index is 373. The number of nitrogen functional groups attached to an aromatic ring is 1. The minimum atomic E-state index is 0.140. The third-order valence-corrected chi connectivity index (χ3v) is 3.35. The first-order valence-corrected chi connectivity index (χ1v) is 7.25. The zero-order chi connectivity index (χ0) is 14.1. The van der Waals surface area contributed by atoms with E-state index in [1.807, 2.05) is 24.3 Å². The Morgan fingerprint density at radius 3 is 2.53 bits per heavy atom. The van der Waals surface area contributed by atoms with E-state index in [0.717, 1.165) is 24.2 Å².